The van der Waals surface area contributed by atoms with Crippen LogP contribution in [0.1, 0.15) is 30.9 Å². The predicted molar refractivity (Wildman–Crippen MR) is 67.0 cm³/mol. The molecule has 0 spiro atoms. The molecule has 0 unspecified atom stereocenters. The minimum Gasteiger partial charge on any atom is -0.396 e. The summed E-state index contributed by atoms with van der Waals surface area (Å²) in [7, 11) is 0. The van der Waals surface area contributed by atoms with E-state index in [-0.39, 0.29) is 12.7 Å². The number of benzene rings is 1. The Kier molecular flexibility index (Phi) is 3.04. The summed E-state index contributed by atoms with van der Waals surface area (Å²) in [5.41, 5.74) is 2.51. The lowest BCUT2D eigenvalue weighted by Crippen LogP contribution is -2.36. The Hall–Kier alpha value is -1.06. The molecule has 92 valence electrons. The van der Waals surface area contributed by atoms with Crippen molar-refractivity contribution in [1.29, 1.82) is 0 Å². The van der Waals surface area contributed by atoms with E-state index < -0.39 is 0 Å². The first-order chi connectivity index (χ1) is 8.40. The molecule has 3 rings (SSSR count). The summed E-state index contributed by atoms with van der Waals surface area (Å²) >= 11 is 0. The van der Waals surface area contributed by atoms with E-state index in [1.54, 1.807) is 0 Å². The second-order valence-electron chi connectivity index (χ2n) is 4.95. The van der Waals surface area contributed by atoms with Crippen LogP contribution in [0, 0.1) is 5.92 Å². The zero-order valence-electron chi connectivity index (χ0n) is 9.93. The topological polar surface area (TPSA) is 41.5 Å². The molecule has 1 fully saturated rings. The van der Waals surface area contributed by atoms with E-state index in [4.69, 9.17) is 9.84 Å². The highest BCUT2D eigenvalue weighted by molar-refractivity contribution is 5.55. The van der Waals surface area contributed by atoms with Crippen LogP contribution in [0.15, 0.2) is 24.3 Å². The third-order valence-electron chi connectivity index (χ3n) is 3.94. The summed E-state index contributed by atoms with van der Waals surface area (Å²) in [5.74, 6) is 0.566. The summed E-state index contributed by atoms with van der Waals surface area (Å²) in [6, 6.07) is 8.87. The molecule has 0 aromatic heterocycles. The van der Waals surface area contributed by atoms with Crippen LogP contribution in [0.25, 0.3) is 0 Å². The van der Waals surface area contributed by atoms with Gasteiger partial charge < -0.3 is 15.2 Å². The average molecular weight is 233 g/mol. The van der Waals surface area contributed by atoms with Crippen molar-refractivity contribution in [3.63, 3.8) is 0 Å². The normalized spacial score (nSPS) is 30.5. The van der Waals surface area contributed by atoms with Gasteiger partial charge in [-0.05, 0) is 25.3 Å². The number of ether oxygens (including phenoxy) is 1. The Morgan fingerprint density at radius 1 is 1.35 bits per heavy atom. The minimum absolute atomic E-state index is 0.260. The van der Waals surface area contributed by atoms with E-state index in [2.05, 4.69) is 29.6 Å². The van der Waals surface area contributed by atoms with Gasteiger partial charge in [0.1, 0.15) is 0 Å². The van der Waals surface area contributed by atoms with Gasteiger partial charge in [0.15, 0.2) is 0 Å². The van der Waals surface area contributed by atoms with Gasteiger partial charge in [-0.3, -0.25) is 0 Å². The highest BCUT2D eigenvalue weighted by atomic mass is 16.5. The lowest BCUT2D eigenvalue weighted by Gasteiger charge is -2.36. The lowest BCUT2D eigenvalue weighted by molar-refractivity contribution is 0.0813. The molecule has 2 aliphatic rings. The third-order valence-corrected chi connectivity index (χ3v) is 3.94. The van der Waals surface area contributed by atoms with E-state index >= 15 is 0 Å². The number of aliphatic hydroxyl groups is 1. The largest absolute Gasteiger partial charge is 0.396 e. The van der Waals surface area contributed by atoms with E-state index in [0.717, 1.165) is 25.9 Å². The van der Waals surface area contributed by atoms with E-state index in [1.807, 2.05) is 0 Å². The summed E-state index contributed by atoms with van der Waals surface area (Å²) in [6.45, 7) is 1.14. The molecule has 0 amide bonds. The first-order valence-electron chi connectivity index (χ1n) is 6.48. The first kappa shape index (κ1) is 11.1. The van der Waals surface area contributed by atoms with Crippen molar-refractivity contribution in [1.82, 2.24) is 0 Å². The number of anilines is 1. The van der Waals surface area contributed by atoms with Crippen molar-refractivity contribution in [3.05, 3.63) is 29.8 Å². The van der Waals surface area contributed by atoms with E-state index in [9.17, 15) is 0 Å². The van der Waals surface area contributed by atoms with Gasteiger partial charge in [-0.2, -0.15) is 0 Å². The second kappa shape index (κ2) is 4.67. The Morgan fingerprint density at radius 2 is 2.24 bits per heavy atom. The smallest absolute Gasteiger partial charge is 0.0893 e. The van der Waals surface area contributed by atoms with Crippen molar-refractivity contribution >= 4 is 5.69 Å². The van der Waals surface area contributed by atoms with Gasteiger partial charge in [-0.15, -0.1) is 0 Å². The number of fused-ring (bicyclic) bond motifs is 3. The van der Waals surface area contributed by atoms with E-state index in [0.29, 0.717) is 12.0 Å². The number of para-hydroxylation sites is 1. The fourth-order valence-corrected chi connectivity index (χ4v) is 3.12. The highest BCUT2D eigenvalue weighted by Crippen LogP contribution is 2.45. The molecule has 0 radical (unpaired) electrons. The van der Waals surface area contributed by atoms with Crippen LogP contribution in [0.4, 0.5) is 5.69 Å². The van der Waals surface area contributed by atoms with Crippen molar-refractivity contribution in [2.75, 3.05) is 18.5 Å². The molecule has 2 N–H and O–H groups in total. The van der Waals surface area contributed by atoms with Crippen molar-refractivity contribution < 1.29 is 9.84 Å². The fourth-order valence-electron chi connectivity index (χ4n) is 3.12. The summed E-state index contributed by atoms with van der Waals surface area (Å²) in [4.78, 5) is 0. The molecule has 0 aliphatic carbocycles. The summed E-state index contributed by atoms with van der Waals surface area (Å²) in [6.07, 6.45) is 3.27. The number of rotatable bonds is 3. The molecule has 2 aliphatic heterocycles. The zero-order chi connectivity index (χ0) is 11.7. The van der Waals surface area contributed by atoms with Gasteiger partial charge in [-0.1, -0.05) is 18.2 Å². The Labute approximate surface area is 102 Å². The molecule has 3 nitrogen and oxygen atoms in total. The van der Waals surface area contributed by atoms with Gasteiger partial charge >= 0.3 is 0 Å². The lowest BCUT2D eigenvalue weighted by atomic mass is 9.82. The zero-order valence-corrected chi connectivity index (χ0v) is 9.93. The molecule has 3 heteroatoms. The molecular formula is C14H19NO2. The number of aliphatic hydroxyl groups excluding tert-OH is 1. The Balaban J connectivity index is 1.87. The molecule has 1 saturated heterocycles. The maximum Gasteiger partial charge on any atom is 0.0893 e. The predicted octanol–water partition coefficient (Wildman–Crippen LogP) is 2.33. The molecule has 1 aromatic rings. The molecule has 0 saturated carbocycles. The number of hydrogen-bond acceptors (Lipinski definition) is 3. The molecular weight excluding hydrogens is 214 g/mol. The van der Waals surface area contributed by atoms with Crippen LogP contribution in [0.3, 0.4) is 0 Å². The van der Waals surface area contributed by atoms with Gasteiger partial charge in [0.25, 0.3) is 0 Å². The maximum atomic E-state index is 8.97. The van der Waals surface area contributed by atoms with Crippen molar-refractivity contribution in [3.8, 4) is 0 Å². The Morgan fingerprint density at radius 3 is 3.12 bits per heavy atom. The van der Waals surface area contributed by atoms with Crippen LogP contribution in [-0.2, 0) is 4.74 Å². The molecule has 17 heavy (non-hydrogen) atoms. The monoisotopic (exact) mass is 233 g/mol. The minimum atomic E-state index is 0.260. The Bertz CT molecular complexity index is 394. The second-order valence-corrected chi connectivity index (χ2v) is 4.95. The van der Waals surface area contributed by atoms with Crippen LogP contribution < -0.4 is 5.32 Å². The molecule has 3 atom stereocenters. The van der Waals surface area contributed by atoms with E-state index in [1.165, 1.54) is 11.3 Å². The van der Waals surface area contributed by atoms with Gasteiger partial charge in [0.2, 0.25) is 0 Å². The standard InChI is InChI=1S/C14H19NO2/c16-8-3-6-13-11-7-9-17-14(11)10-4-1-2-5-12(10)15-13/h1-2,4-5,11,13-16H,3,6-9H2/t11-,13+,14+/m1/s1. The van der Waals surface area contributed by atoms with Gasteiger partial charge in [0, 0.05) is 36.4 Å². The fraction of sp³-hybridized carbons (Fsp3) is 0.571. The molecule has 2 heterocycles. The van der Waals surface area contributed by atoms with Crippen LogP contribution >= 0.6 is 0 Å². The summed E-state index contributed by atoms with van der Waals surface area (Å²) < 4.78 is 5.89. The number of hydrogen-bond donors (Lipinski definition) is 2. The van der Waals surface area contributed by atoms with Crippen molar-refractivity contribution in [2.24, 2.45) is 5.92 Å². The first-order valence-corrected chi connectivity index (χ1v) is 6.48. The number of nitrogens with one attached hydrogen (secondary N) is 1. The van der Waals surface area contributed by atoms with Crippen molar-refractivity contribution in [2.45, 2.75) is 31.4 Å². The summed E-state index contributed by atoms with van der Waals surface area (Å²) in [5, 5.41) is 12.6. The van der Waals surface area contributed by atoms with Crippen LogP contribution in [0.2, 0.25) is 0 Å². The van der Waals surface area contributed by atoms with Crippen LogP contribution in [-0.4, -0.2) is 24.4 Å². The highest BCUT2D eigenvalue weighted by Gasteiger charge is 2.39. The molecule has 0 bridgehead atoms. The quantitative estimate of drug-likeness (QED) is 0.842. The van der Waals surface area contributed by atoms with Crippen LogP contribution in [0.5, 0.6) is 0 Å². The van der Waals surface area contributed by atoms with Gasteiger partial charge in [0.05, 0.1) is 6.10 Å². The maximum absolute atomic E-state index is 8.97. The molecule has 1 aromatic carbocycles. The third kappa shape index (κ3) is 1.94. The van der Waals surface area contributed by atoms with Gasteiger partial charge in [-0.25, -0.2) is 0 Å². The average Bonchev–Trinajstić information content (AvgIpc) is 2.85. The SMILES string of the molecule is OCCC[C@@H]1Nc2ccccc2[C@@H]2OCC[C@H]12.